The van der Waals surface area contributed by atoms with E-state index in [0.717, 1.165) is 22.1 Å². The number of rotatable bonds is 6. The maximum Gasteiger partial charge on any atom is 0.193 e. The second-order valence-corrected chi connectivity index (χ2v) is 5.88. The Morgan fingerprint density at radius 2 is 2.36 bits per heavy atom. The maximum absolute atomic E-state index is 5.11. The van der Waals surface area contributed by atoms with E-state index in [0.29, 0.717) is 18.3 Å². The first-order chi connectivity index (χ1) is 10.6. The fourth-order valence-electron chi connectivity index (χ4n) is 2.01. The van der Waals surface area contributed by atoms with Crippen LogP contribution in [0.5, 0.6) is 0 Å². The van der Waals surface area contributed by atoms with Crippen LogP contribution in [0.15, 0.2) is 22.7 Å². The topological polar surface area (TPSA) is 63.5 Å². The molecule has 0 aliphatic rings. The summed E-state index contributed by atoms with van der Waals surface area (Å²) in [4.78, 5) is 4.35. The number of aryl methyl sites for hydroxylation is 1. The molecule has 0 aliphatic heterocycles. The van der Waals surface area contributed by atoms with Crippen molar-refractivity contribution in [2.75, 3.05) is 20.3 Å². The summed E-state index contributed by atoms with van der Waals surface area (Å²) in [5.41, 5.74) is 6.03. The number of thiocarbonyl (C=S) groups is 1. The van der Waals surface area contributed by atoms with Crippen LogP contribution in [-0.4, -0.2) is 41.1 Å². The lowest BCUT2D eigenvalue weighted by Crippen LogP contribution is -2.34. The Labute approximate surface area is 139 Å². The fourth-order valence-corrected chi connectivity index (χ4v) is 2.91. The fraction of sp³-hybridized carbons (Fsp3) is 0.357. The van der Waals surface area contributed by atoms with Gasteiger partial charge in [0.25, 0.3) is 0 Å². The predicted octanol–water partition coefficient (Wildman–Crippen LogP) is 2.00. The minimum absolute atomic E-state index is 0.474. The van der Waals surface area contributed by atoms with Crippen LogP contribution in [0, 0.1) is 13.8 Å². The number of thiazole rings is 1. The van der Waals surface area contributed by atoms with E-state index in [4.69, 9.17) is 17.0 Å². The van der Waals surface area contributed by atoms with Crippen LogP contribution in [0.1, 0.15) is 17.0 Å². The third-order valence-corrected chi connectivity index (χ3v) is 4.03. The number of hydrogen-bond donors (Lipinski definition) is 2. The molecular weight excluding hydrogens is 318 g/mol. The first-order valence-electron chi connectivity index (χ1n) is 6.78. The molecule has 0 spiro atoms. The van der Waals surface area contributed by atoms with Crippen molar-refractivity contribution in [3.63, 3.8) is 0 Å². The molecule has 0 unspecified atom stereocenters. The predicted molar refractivity (Wildman–Crippen MR) is 94.1 cm³/mol. The van der Waals surface area contributed by atoms with Crippen molar-refractivity contribution in [3.05, 3.63) is 34.6 Å². The second kappa shape index (κ2) is 8.02. The molecule has 0 saturated carbocycles. The van der Waals surface area contributed by atoms with Crippen LogP contribution in [0.3, 0.4) is 0 Å². The average molecular weight is 337 g/mol. The highest BCUT2D eigenvalue weighted by Crippen LogP contribution is 2.20. The van der Waals surface area contributed by atoms with Gasteiger partial charge in [0, 0.05) is 42.2 Å². The molecule has 2 heterocycles. The minimum Gasteiger partial charge on any atom is -0.383 e. The molecule has 0 fully saturated rings. The molecule has 0 aliphatic carbocycles. The van der Waals surface area contributed by atoms with Crippen molar-refractivity contribution in [3.8, 4) is 5.13 Å². The summed E-state index contributed by atoms with van der Waals surface area (Å²) < 4.78 is 7.05. The maximum atomic E-state index is 5.11. The summed E-state index contributed by atoms with van der Waals surface area (Å²) in [7, 11) is 1.65. The molecule has 2 rings (SSSR count). The standard InChI is InChI=1S/C14H19N5OS2/c1-10-8-12(9-17-18-13(21)15-4-6-20-3)11(2)19(10)14-16-5-7-22-14/h5,7-9H,4,6H2,1-3H3,(H2,15,18,21)/b17-9-. The second-order valence-electron chi connectivity index (χ2n) is 4.60. The number of nitrogens with zero attached hydrogens (tertiary/aromatic N) is 3. The van der Waals surface area contributed by atoms with Gasteiger partial charge in [-0.15, -0.1) is 11.3 Å². The van der Waals surface area contributed by atoms with E-state index in [9.17, 15) is 0 Å². The van der Waals surface area contributed by atoms with Gasteiger partial charge in [0.2, 0.25) is 0 Å². The number of methoxy groups -OCH3 is 1. The Kier molecular flexibility index (Phi) is 6.05. The molecule has 2 aromatic heterocycles. The lowest BCUT2D eigenvalue weighted by molar-refractivity contribution is 0.204. The van der Waals surface area contributed by atoms with Gasteiger partial charge in [-0.2, -0.15) is 5.10 Å². The zero-order valence-electron chi connectivity index (χ0n) is 12.8. The minimum atomic E-state index is 0.474. The Morgan fingerprint density at radius 3 is 3.05 bits per heavy atom. The highest BCUT2D eigenvalue weighted by atomic mass is 32.1. The van der Waals surface area contributed by atoms with E-state index < -0.39 is 0 Å². The van der Waals surface area contributed by atoms with Crippen LogP contribution >= 0.6 is 23.6 Å². The van der Waals surface area contributed by atoms with Crippen LogP contribution in [0.4, 0.5) is 0 Å². The quantitative estimate of drug-likeness (QED) is 0.365. The first kappa shape index (κ1) is 16.6. The van der Waals surface area contributed by atoms with Crippen molar-refractivity contribution in [1.82, 2.24) is 20.3 Å². The van der Waals surface area contributed by atoms with E-state index in [1.165, 1.54) is 0 Å². The Balaban J connectivity index is 2.00. The van der Waals surface area contributed by atoms with Crippen molar-refractivity contribution in [1.29, 1.82) is 0 Å². The van der Waals surface area contributed by atoms with Crippen LogP contribution in [0.25, 0.3) is 5.13 Å². The van der Waals surface area contributed by atoms with Crippen LogP contribution in [-0.2, 0) is 4.74 Å². The summed E-state index contributed by atoms with van der Waals surface area (Å²) in [6, 6.07) is 2.07. The SMILES string of the molecule is COCCNC(=S)N/N=C\c1cc(C)n(-c2nccs2)c1C. The summed E-state index contributed by atoms with van der Waals surface area (Å²) >= 11 is 6.71. The van der Waals surface area contributed by atoms with Gasteiger partial charge in [-0.25, -0.2) is 4.98 Å². The molecule has 0 aromatic carbocycles. The molecule has 0 radical (unpaired) electrons. The van der Waals surface area contributed by atoms with Crippen molar-refractivity contribution in [2.24, 2.45) is 5.10 Å². The number of nitrogens with one attached hydrogen (secondary N) is 2. The van der Waals surface area contributed by atoms with Gasteiger partial charge in [0.15, 0.2) is 10.2 Å². The number of ether oxygens (including phenoxy) is 1. The Morgan fingerprint density at radius 1 is 1.55 bits per heavy atom. The molecule has 22 heavy (non-hydrogen) atoms. The Bertz CT molecular complexity index is 648. The van der Waals surface area contributed by atoms with Gasteiger partial charge < -0.3 is 10.1 Å². The molecule has 6 nitrogen and oxygen atoms in total. The normalized spacial score (nSPS) is 11.0. The molecule has 8 heteroatoms. The van der Waals surface area contributed by atoms with E-state index in [1.54, 1.807) is 30.9 Å². The van der Waals surface area contributed by atoms with E-state index in [2.05, 4.69) is 38.4 Å². The van der Waals surface area contributed by atoms with E-state index >= 15 is 0 Å². The third kappa shape index (κ3) is 4.12. The lowest BCUT2D eigenvalue weighted by Gasteiger charge is -2.06. The van der Waals surface area contributed by atoms with Gasteiger partial charge in [0.1, 0.15) is 0 Å². The smallest absolute Gasteiger partial charge is 0.193 e. The monoisotopic (exact) mass is 337 g/mol. The summed E-state index contributed by atoms with van der Waals surface area (Å²) in [5, 5.41) is 10.6. The van der Waals surface area contributed by atoms with Crippen LogP contribution in [0.2, 0.25) is 0 Å². The molecule has 2 N–H and O–H groups in total. The largest absolute Gasteiger partial charge is 0.383 e. The molecular formula is C14H19N5OS2. The van der Waals surface area contributed by atoms with Gasteiger partial charge in [-0.05, 0) is 32.1 Å². The summed E-state index contributed by atoms with van der Waals surface area (Å²) in [6.07, 6.45) is 3.56. The lowest BCUT2D eigenvalue weighted by atomic mass is 10.3. The number of hydrazone groups is 1. The third-order valence-electron chi connectivity index (χ3n) is 3.04. The summed E-state index contributed by atoms with van der Waals surface area (Å²) in [5.74, 6) is 0. The highest BCUT2D eigenvalue weighted by Gasteiger charge is 2.10. The van der Waals surface area contributed by atoms with Crippen molar-refractivity contribution < 1.29 is 4.74 Å². The molecule has 2 aromatic rings. The van der Waals surface area contributed by atoms with Gasteiger partial charge in [-0.3, -0.25) is 9.99 Å². The molecule has 0 bridgehead atoms. The van der Waals surface area contributed by atoms with Gasteiger partial charge >= 0.3 is 0 Å². The van der Waals surface area contributed by atoms with Crippen molar-refractivity contribution in [2.45, 2.75) is 13.8 Å². The number of aromatic nitrogens is 2. The number of hydrogen-bond acceptors (Lipinski definition) is 5. The molecule has 0 atom stereocenters. The molecule has 118 valence electrons. The zero-order chi connectivity index (χ0) is 15.9. The van der Waals surface area contributed by atoms with E-state index in [-0.39, 0.29) is 0 Å². The average Bonchev–Trinajstić information content (AvgIpc) is 3.08. The molecule has 0 amide bonds. The highest BCUT2D eigenvalue weighted by molar-refractivity contribution is 7.80. The van der Waals surface area contributed by atoms with Gasteiger partial charge in [-0.1, -0.05) is 0 Å². The zero-order valence-corrected chi connectivity index (χ0v) is 14.4. The van der Waals surface area contributed by atoms with Crippen LogP contribution < -0.4 is 10.7 Å². The summed E-state index contributed by atoms with van der Waals surface area (Å²) in [6.45, 7) is 5.35. The molecule has 0 saturated heterocycles. The van der Waals surface area contributed by atoms with Crippen molar-refractivity contribution >= 4 is 34.9 Å². The first-order valence-corrected chi connectivity index (χ1v) is 8.07. The Hall–Kier alpha value is -1.77. The van der Waals surface area contributed by atoms with Gasteiger partial charge in [0.05, 0.1) is 12.8 Å². The van der Waals surface area contributed by atoms with E-state index in [1.807, 2.05) is 12.3 Å².